The van der Waals surface area contributed by atoms with Gasteiger partial charge in [0.05, 0.1) is 17.0 Å². The summed E-state index contributed by atoms with van der Waals surface area (Å²) in [4.78, 5) is 18.1. The molecule has 3 aromatic rings. The summed E-state index contributed by atoms with van der Waals surface area (Å²) in [7, 11) is 0. The van der Waals surface area contributed by atoms with Crippen molar-refractivity contribution in [1.29, 1.82) is 0 Å². The number of thiophene rings is 1. The summed E-state index contributed by atoms with van der Waals surface area (Å²) in [6.45, 7) is 2.38. The first-order valence-electron chi connectivity index (χ1n) is 8.81. The van der Waals surface area contributed by atoms with E-state index in [1.165, 1.54) is 23.5 Å². The zero-order valence-electron chi connectivity index (χ0n) is 14.8. The molecule has 27 heavy (non-hydrogen) atoms. The Bertz CT molecular complexity index is 915. The second-order valence-electron chi connectivity index (χ2n) is 6.46. The van der Waals surface area contributed by atoms with Crippen molar-refractivity contribution in [1.82, 2.24) is 10.3 Å². The Balaban J connectivity index is 1.59. The fraction of sp³-hybridized carbons (Fsp3) is 0.300. The number of ether oxygens (including phenoxy) is 1. The Morgan fingerprint density at radius 2 is 2.15 bits per heavy atom. The topological polar surface area (TPSA) is 64.4 Å². The molecule has 0 bridgehead atoms. The lowest BCUT2D eigenvalue weighted by molar-refractivity contribution is 0.0669. The van der Waals surface area contributed by atoms with Crippen LogP contribution in [0.5, 0.6) is 0 Å². The van der Waals surface area contributed by atoms with Gasteiger partial charge in [0.25, 0.3) is 5.91 Å². The number of hydrogen-bond donors (Lipinski definition) is 1. The smallest absolute Gasteiger partial charge is 0.274 e. The number of carbonyl (C=O) groups is 1. The van der Waals surface area contributed by atoms with Crippen LogP contribution in [-0.4, -0.2) is 23.6 Å². The first kappa shape index (κ1) is 17.9. The van der Waals surface area contributed by atoms with Crippen LogP contribution in [0.25, 0.3) is 10.8 Å². The molecule has 1 saturated heterocycles. The van der Waals surface area contributed by atoms with Gasteiger partial charge >= 0.3 is 0 Å². The predicted octanol–water partition coefficient (Wildman–Crippen LogP) is 4.50. The number of halogens is 1. The van der Waals surface area contributed by atoms with Crippen LogP contribution in [0, 0.1) is 12.7 Å². The van der Waals surface area contributed by atoms with Crippen molar-refractivity contribution >= 4 is 17.2 Å². The molecule has 0 saturated carbocycles. The molecule has 0 spiro atoms. The molecular weight excluding hydrogens is 367 g/mol. The Morgan fingerprint density at radius 1 is 1.33 bits per heavy atom. The molecule has 1 aliphatic rings. The van der Waals surface area contributed by atoms with Crippen molar-refractivity contribution in [2.75, 3.05) is 6.61 Å². The van der Waals surface area contributed by atoms with Gasteiger partial charge in [-0.2, -0.15) is 0 Å². The SMILES string of the molecule is Cc1oc(-c2cccs2)nc1C(=O)N[C@H](c1ccc(F)cc1)[C@@H]1CCCO1. The molecule has 3 heterocycles. The lowest BCUT2D eigenvalue weighted by atomic mass is 9.99. The highest BCUT2D eigenvalue weighted by Crippen LogP contribution is 2.29. The molecule has 7 heteroatoms. The highest BCUT2D eigenvalue weighted by Gasteiger charge is 2.30. The van der Waals surface area contributed by atoms with E-state index in [9.17, 15) is 9.18 Å². The second kappa shape index (κ2) is 7.62. The quantitative estimate of drug-likeness (QED) is 0.701. The standard InChI is InChI=1S/C20H19FN2O3S/c1-12-17(23-20(26-12)16-5-3-11-27-16)19(24)22-18(15-4-2-10-25-15)13-6-8-14(21)9-7-13/h3,5-9,11,15,18H,2,4,10H2,1H3,(H,22,24)/t15-,18+/m0/s1. The monoisotopic (exact) mass is 386 g/mol. The van der Waals surface area contributed by atoms with Crippen LogP contribution < -0.4 is 5.32 Å². The molecule has 1 N–H and O–H groups in total. The van der Waals surface area contributed by atoms with Gasteiger partial charge < -0.3 is 14.5 Å². The number of benzene rings is 1. The maximum atomic E-state index is 13.3. The second-order valence-corrected chi connectivity index (χ2v) is 7.40. The molecule has 1 amide bonds. The largest absolute Gasteiger partial charge is 0.440 e. The van der Waals surface area contributed by atoms with Gasteiger partial charge in [0.2, 0.25) is 5.89 Å². The normalized spacial score (nSPS) is 17.8. The minimum atomic E-state index is -0.373. The summed E-state index contributed by atoms with van der Waals surface area (Å²) in [5, 5.41) is 4.93. The third kappa shape index (κ3) is 3.79. The number of oxazole rings is 1. The fourth-order valence-electron chi connectivity index (χ4n) is 3.25. The van der Waals surface area contributed by atoms with E-state index in [0.717, 1.165) is 23.3 Å². The molecule has 1 fully saturated rings. The molecule has 0 unspecified atom stereocenters. The Morgan fingerprint density at radius 3 is 2.81 bits per heavy atom. The van der Waals surface area contributed by atoms with E-state index < -0.39 is 0 Å². The average Bonchev–Trinajstić information content (AvgIpc) is 3.41. The van der Waals surface area contributed by atoms with E-state index in [1.54, 1.807) is 19.1 Å². The molecule has 1 aromatic carbocycles. The number of carbonyl (C=O) groups excluding carboxylic acids is 1. The summed E-state index contributed by atoms with van der Waals surface area (Å²) < 4.78 is 24.8. The predicted molar refractivity (Wildman–Crippen MR) is 100 cm³/mol. The zero-order chi connectivity index (χ0) is 18.8. The van der Waals surface area contributed by atoms with Crippen LogP contribution in [0.15, 0.2) is 46.2 Å². The summed E-state index contributed by atoms with van der Waals surface area (Å²) in [5.74, 6) is 0.247. The molecule has 4 rings (SSSR count). The average molecular weight is 386 g/mol. The molecule has 2 aromatic heterocycles. The van der Waals surface area contributed by atoms with E-state index in [2.05, 4.69) is 10.3 Å². The van der Waals surface area contributed by atoms with Crippen molar-refractivity contribution < 1.29 is 18.3 Å². The van der Waals surface area contributed by atoms with E-state index in [0.29, 0.717) is 18.3 Å². The number of aryl methyl sites for hydroxylation is 1. The van der Waals surface area contributed by atoms with E-state index in [4.69, 9.17) is 9.15 Å². The number of rotatable bonds is 5. The van der Waals surface area contributed by atoms with E-state index in [1.807, 2.05) is 17.5 Å². The highest BCUT2D eigenvalue weighted by atomic mass is 32.1. The van der Waals surface area contributed by atoms with Crippen LogP contribution in [0.3, 0.4) is 0 Å². The van der Waals surface area contributed by atoms with Crippen LogP contribution in [0.4, 0.5) is 4.39 Å². The number of amides is 1. The van der Waals surface area contributed by atoms with Crippen LogP contribution >= 0.6 is 11.3 Å². The van der Waals surface area contributed by atoms with Gasteiger partial charge in [0.1, 0.15) is 11.6 Å². The van der Waals surface area contributed by atoms with Gasteiger partial charge in [-0.25, -0.2) is 9.37 Å². The third-order valence-corrected chi connectivity index (χ3v) is 5.45. The number of aromatic nitrogens is 1. The molecule has 0 aliphatic carbocycles. The van der Waals surface area contributed by atoms with E-state index >= 15 is 0 Å². The maximum absolute atomic E-state index is 13.3. The first-order chi connectivity index (χ1) is 13.1. The summed E-state index contributed by atoms with van der Waals surface area (Å²) in [6.07, 6.45) is 1.62. The lowest BCUT2D eigenvalue weighted by Gasteiger charge is -2.24. The third-order valence-electron chi connectivity index (χ3n) is 4.60. The van der Waals surface area contributed by atoms with Crippen molar-refractivity contribution in [3.8, 4) is 10.8 Å². The summed E-state index contributed by atoms with van der Waals surface area (Å²) in [5.41, 5.74) is 1.06. The molecule has 140 valence electrons. The molecule has 0 radical (unpaired) electrons. The Labute approximate surface area is 160 Å². The summed E-state index contributed by atoms with van der Waals surface area (Å²) >= 11 is 1.50. The number of nitrogens with one attached hydrogen (secondary N) is 1. The van der Waals surface area contributed by atoms with Crippen LogP contribution in [0.1, 0.15) is 40.7 Å². The van der Waals surface area contributed by atoms with Crippen molar-refractivity contribution in [2.45, 2.75) is 31.9 Å². The molecule has 2 atom stereocenters. The van der Waals surface area contributed by atoms with E-state index in [-0.39, 0.29) is 29.6 Å². The minimum Gasteiger partial charge on any atom is -0.440 e. The highest BCUT2D eigenvalue weighted by molar-refractivity contribution is 7.13. The lowest BCUT2D eigenvalue weighted by Crippen LogP contribution is -2.36. The van der Waals surface area contributed by atoms with Crippen LogP contribution in [0.2, 0.25) is 0 Å². The fourth-order valence-corrected chi connectivity index (χ4v) is 3.90. The Hall–Kier alpha value is -2.51. The molecule has 5 nitrogen and oxygen atoms in total. The maximum Gasteiger partial charge on any atom is 0.274 e. The molecule has 1 aliphatic heterocycles. The van der Waals surface area contributed by atoms with Crippen molar-refractivity contribution in [3.05, 3.63) is 64.6 Å². The minimum absolute atomic E-state index is 0.150. The number of hydrogen-bond acceptors (Lipinski definition) is 5. The van der Waals surface area contributed by atoms with Crippen LogP contribution in [-0.2, 0) is 4.74 Å². The Kier molecular flexibility index (Phi) is 5.05. The first-order valence-corrected chi connectivity index (χ1v) is 9.69. The van der Waals surface area contributed by atoms with Gasteiger partial charge in [-0.05, 0) is 48.9 Å². The van der Waals surface area contributed by atoms with Gasteiger partial charge in [0.15, 0.2) is 5.69 Å². The van der Waals surface area contributed by atoms with Gasteiger partial charge in [-0.3, -0.25) is 4.79 Å². The van der Waals surface area contributed by atoms with Crippen molar-refractivity contribution in [3.63, 3.8) is 0 Å². The van der Waals surface area contributed by atoms with Gasteiger partial charge in [-0.1, -0.05) is 18.2 Å². The molecular formula is C20H19FN2O3S. The number of nitrogens with zero attached hydrogens (tertiary/aromatic N) is 1. The van der Waals surface area contributed by atoms with Gasteiger partial charge in [0, 0.05) is 6.61 Å². The van der Waals surface area contributed by atoms with Gasteiger partial charge in [-0.15, -0.1) is 11.3 Å². The van der Waals surface area contributed by atoms with Crippen molar-refractivity contribution in [2.24, 2.45) is 0 Å². The summed E-state index contributed by atoms with van der Waals surface area (Å²) in [6, 6.07) is 9.55. The zero-order valence-corrected chi connectivity index (χ0v) is 15.6.